The van der Waals surface area contributed by atoms with Crippen molar-refractivity contribution in [3.63, 3.8) is 0 Å². The van der Waals surface area contributed by atoms with E-state index in [2.05, 4.69) is 86.9 Å². The number of nitrogens with zero attached hydrogens (tertiary/aromatic N) is 2. The van der Waals surface area contributed by atoms with E-state index in [1.807, 2.05) is 12.1 Å². The van der Waals surface area contributed by atoms with Crippen molar-refractivity contribution in [3.05, 3.63) is 108 Å². The van der Waals surface area contributed by atoms with E-state index in [1.165, 1.54) is 38.5 Å². The molecule has 3 heterocycles. The van der Waals surface area contributed by atoms with Gasteiger partial charge in [0.1, 0.15) is 0 Å². The van der Waals surface area contributed by atoms with Crippen LogP contribution in [-0.2, 0) is 16.8 Å². The van der Waals surface area contributed by atoms with Crippen molar-refractivity contribution < 1.29 is 4.79 Å². The zero-order valence-corrected chi connectivity index (χ0v) is 21.5. The van der Waals surface area contributed by atoms with Crippen LogP contribution < -0.4 is 5.32 Å². The predicted octanol–water partition coefficient (Wildman–Crippen LogP) is 6.77. The highest BCUT2D eigenvalue weighted by Crippen LogP contribution is 2.52. The molecule has 5 aromatic rings. The Balaban J connectivity index is 1.05. The maximum atomic E-state index is 12.9. The van der Waals surface area contributed by atoms with Crippen LogP contribution in [0, 0.1) is 0 Å². The van der Waals surface area contributed by atoms with Crippen LogP contribution in [0.25, 0.3) is 21.8 Å². The molecule has 1 aliphatic carbocycles. The molecule has 5 nitrogen and oxygen atoms in total. The summed E-state index contributed by atoms with van der Waals surface area (Å²) in [6.07, 6.45) is 7.28. The van der Waals surface area contributed by atoms with Gasteiger partial charge in [-0.1, -0.05) is 48.5 Å². The van der Waals surface area contributed by atoms with Crippen LogP contribution in [-0.4, -0.2) is 33.9 Å². The summed E-state index contributed by atoms with van der Waals surface area (Å²) in [7, 11) is 0. The molecule has 1 atom stereocenters. The molecule has 190 valence electrons. The number of amides is 1. The Morgan fingerprint density at radius 1 is 0.947 bits per heavy atom. The minimum absolute atomic E-state index is 0.0694. The van der Waals surface area contributed by atoms with E-state index in [-0.39, 0.29) is 17.2 Å². The Hall–Kier alpha value is -3.96. The van der Waals surface area contributed by atoms with Gasteiger partial charge in [-0.25, -0.2) is 0 Å². The summed E-state index contributed by atoms with van der Waals surface area (Å²) in [5, 5.41) is 5.64. The molecule has 7 rings (SSSR count). The number of piperidine rings is 1. The smallest absolute Gasteiger partial charge is 0.225 e. The highest BCUT2D eigenvalue weighted by Gasteiger charge is 2.45. The first-order chi connectivity index (χ1) is 18.7. The van der Waals surface area contributed by atoms with Crippen LogP contribution in [0.3, 0.4) is 0 Å². The maximum absolute atomic E-state index is 12.9. The zero-order valence-electron chi connectivity index (χ0n) is 21.5. The van der Waals surface area contributed by atoms with Crippen molar-refractivity contribution in [3.8, 4) is 0 Å². The number of H-pyrrole nitrogens is 1. The molecule has 2 N–H and O–H groups in total. The average molecular weight is 501 g/mol. The Morgan fingerprint density at radius 3 is 2.63 bits per heavy atom. The SMILES string of the molecule is O=C(CC1CC2(CCN(Cc3ccc4[nH]c5ccccc5c4c3)CC2)c2ccccc21)Nc1cccnc1. The number of hydrogen-bond acceptors (Lipinski definition) is 3. The van der Waals surface area contributed by atoms with Crippen molar-refractivity contribution in [2.45, 2.75) is 43.6 Å². The Kier molecular flexibility index (Phi) is 5.74. The van der Waals surface area contributed by atoms with Gasteiger partial charge in [0.25, 0.3) is 0 Å². The third kappa shape index (κ3) is 4.17. The topological polar surface area (TPSA) is 61.0 Å². The van der Waals surface area contributed by atoms with E-state index >= 15 is 0 Å². The van der Waals surface area contributed by atoms with Crippen molar-refractivity contribution in [1.82, 2.24) is 14.9 Å². The largest absolute Gasteiger partial charge is 0.355 e. The van der Waals surface area contributed by atoms with Gasteiger partial charge >= 0.3 is 0 Å². The molecule has 1 unspecified atom stereocenters. The van der Waals surface area contributed by atoms with E-state index in [1.54, 1.807) is 12.4 Å². The molecule has 0 bridgehead atoms. The van der Waals surface area contributed by atoms with E-state index in [4.69, 9.17) is 0 Å². The summed E-state index contributed by atoms with van der Waals surface area (Å²) < 4.78 is 0. The van der Waals surface area contributed by atoms with Crippen LogP contribution in [0.5, 0.6) is 0 Å². The molecule has 3 aromatic carbocycles. The number of aromatic amines is 1. The van der Waals surface area contributed by atoms with Gasteiger partial charge < -0.3 is 10.3 Å². The molecule has 1 aliphatic heterocycles. The van der Waals surface area contributed by atoms with Crippen LogP contribution in [0.1, 0.15) is 48.3 Å². The first kappa shape index (κ1) is 23.2. The van der Waals surface area contributed by atoms with Crippen molar-refractivity contribution in [2.75, 3.05) is 18.4 Å². The number of benzene rings is 3. The lowest BCUT2D eigenvalue weighted by Gasteiger charge is -2.40. The first-order valence-electron chi connectivity index (χ1n) is 13.7. The van der Waals surface area contributed by atoms with Gasteiger partial charge in [0, 0.05) is 41.0 Å². The Bertz CT molecular complexity index is 1610. The fourth-order valence-electron chi connectivity index (χ4n) is 6.95. The van der Waals surface area contributed by atoms with E-state index in [0.717, 1.165) is 44.6 Å². The molecule has 2 aromatic heterocycles. The van der Waals surface area contributed by atoms with Gasteiger partial charge in [-0.15, -0.1) is 0 Å². The van der Waals surface area contributed by atoms with Crippen molar-refractivity contribution in [1.29, 1.82) is 0 Å². The fraction of sp³-hybridized carbons (Fsp3) is 0.273. The number of likely N-dealkylation sites (tertiary alicyclic amines) is 1. The number of anilines is 1. The molecule has 0 radical (unpaired) electrons. The quantitative estimate of drug-likeness (QED) is 0.280. The number of aromatic nitrogens is 2. The van der Waals surface area contributed by atoms with Gasteiger partial charge in [0.05, 0.1) is 11.9 Å². The Morgan fingerprint density at radius 2 is 1.76 bits per heavy atom. The molecule has 1 spiro atoms. The van der Waals surface area contributed by atoms with Crippen molar-refractivity contribution in [2.24, 2.45) is 0 Å². The molecule has 5 heteroatoms. The number of pyridine rings is 1. The third-order valence-electron chi connectivity index (χ3n) is 8.78. The highest BCUT2D eigenvalue weighted by molar-refractivity contribution is 6.07. The second-order valence-electron chi connectivity index (χ2n) is 11.1. The van der Waals surface area contributed by atoms with Crippen LogP contribution in [0.4, 0.5) is 5.69 Å². The minimum Gasteiger partial charge on any atom is -0.355 e. The number of hydrogen-bond donors (Lipinski definition) is 2. The lowest BCUT2D eigenvalue weighted by atomic mass is 9.73. The predicted molar refractivity (Wildman–Crippen MR) is 153 cm³/mol. The lowest BCUT2D eigenvalue weighted by molar-refractivity contribution is -0.116. The maximum Gasteiger partial charge on any atom is 0.225 e. The van der Waals surface area contributed by atoms with E-state index < -0.39 is 0 Å². The number of rotatable bonds is 5. The highest BCUT2D eigenvalue weighted by atomic mass is 16.1. The van der Waals surface area contributed by atoms with Gasteiger partial charge in [0.15, 0.2) is 0 Å². The summed E-state index contributed by atoms with van der Waals surface area (Å²) in [4.78, 5) is 23.2. The number of carbonyl (C=O) groups excluding carboxylic acids is 1. The summed E-state index contributed by atoms with van der Waals surface area (Å²) in [5.41, 5.74) is 7.54. The van der Waals surface area contributed by atoms with E-state index in [0.29, 0.717) is 6.42 Å². The summed E-state index contributed by atoms with van der Waals surface area (Å²) in [6, 6.07) is 28.0. The van der Waals surface area contributed by atoms with Gasteiger partial charge in [-0.2, -0.15) is 0 Å². The molecular weight excluding hydrogens is 468 g/mol. The monoisotopic (exact) mass is 500 g/mol. The van der Waals surface area contributed by atoms with Gasteiger partial charge in [-0.05, 0) is 90.7 Å². The molecular formula is C33H32N4O. The zero-order chi connectivity index (χ0) is 25.5. The molecule has 38 heavy (non-hydrogen) atoms. The number of carbonyl (C=O) groups is 1. The molecule has 2 aliphatic rings. The van der Waals surface area contributed by atoms with Gasteiger partial charge in [0.2, 0.25) is 5.91 Å². The minimum atomic E-state index is 0.0694. The first-order valence-corrected chi connectivity index (χ1v) is 13.7. The third-order valence-corrected chi connectivity index (χ3v) is 8.78. The van der Waals surface area contributed by atoms with E-state index in [9.17, 15) is 4.79 Å². The second kappa shape index (κ2) is 9.41. The number of fused-ring (bicyclic) bond motifs is 5. The molecule has 1 fully saturated rings. The summed E-state index contributed by atoms with van der Waals surface area (Å²) in [5.74, 6) is 0.332. The molecule has 1 saturated heterocycles. The molecule has 0 saturated carbocycles. The van der Waals surface area contributed by atoms with Crippen LogP contribution in [0.2, 0.25) is 0 Å². The lowest BCUT2D eigenvalue weighted by Crippen LogP contribution is -2.41. The fourth-order valence-corrected chi connectivity index (χ4v) is 6.95. The number of nitrogens with one attached hydrogen (secondary N) is 2. The number of para-hydroxylation sites is 1. The van der Waals surface area contributed by atoms with Crippen LogP contribution in [0.15, 0.2) is 91.3 Å². The summed E-state index contributed by atoms with van der Waals surface area (Å²) in [6.45, 7) is 3.13. The Labute approximate surface area is 222 Å². The average Bonchev–Trinajstić information content (AvgIpc) is 3.46. The van der Waals surface area contributed by atoms with Crippen LogP contribution >= 0.6 is 0 Å². The standard InChI is InChI=1S/C33H32N4O/c38-32(35-25-6-5-15-34-21-25)19-24-20-33(29-9-3-1-7-26(24)29)13-16-37(17-14-33)22-23-11-12-31-28(18-23)27-8-2-4-10-30(27)36-31/h1-12,15,18,21,24,36H,13-14,16-17,19-20,22H2,(H,35,38). The van der Waals surface area contributed by atoms with Gasteiger partial charge in [-0.3, -0.25) is 14.7 Å². The summed E-state index contributed by atoms with van der Waals surface area (Å²) >= 11 is 0. The second-order valence-corrected chi connectivity index (χ2v) is 11.1. The normalized spacial score (nSPS) is 18.7. The molecule has 1 amide bonds. The van der Waals surface area contributed by atoms with Crippen molar-refractivity contribution >= 4 is 33.4 Å².